The Balaban J connectivity index is 1.88. The third-order valence-electron chi connectivity index (χ3n) is 5.65. The molecule has 0 bridgehead atoms. The number of aromatic nitrogens is 1. The smallest absolute Gasteiger partial charge is 0.305 e. The predicted octanol–water partition coefficient (Wildman–Crippen LogP) is 4.82. The van der Waals surface area contributed by atoms with Gasteiger partial charge >= 0.3 is 5.97 Å². The van der Waals surface area contributed by atoms with Crippen LogP contribution >= 0.6 is 7.37 Å². The van der Waals surface area contributed by atoms with Gasteiger partial charge in [0.25, 0.3) is 7.37 Å². The lowest BCUT2D eigenvalue weighted by Gasteiger charge is -2.17. The number of aliphatic hydroxyl groups excluding tert-OH is 1. The average Bonchev–Trinajstić information content (AvgIpc) is 3.31. The highest BCUT2D eigenvalue weighted by molar-refractivity contribution is 7.63. The number of aliphatic hydroxyl groups is 1. The van der Waals surface area contributed by atoms with Crippen molar-refractivity contribution in [3.05, 3.63) is 65.6 Å². The van der Waals surface area contributed by atoms with Crippen LogP contribution in [0.4, 0.5) is 4.39 Å². The lowest BCUT2D eigenvalue weighted by atomic mass is 9.92. The maximum Gasteiger partial charge on any atom is 0.305 e. The molecule has 0 spiro atoms. The van der Waals surface area contributed by atoms with E-state index >= 15 is 0 Å². The normalized spacial score (nSPS) is 14.5. The van der Waals surface area contributed by atoms with Crippen molar-refractivity contribution in [1.29, 1.82) is 0 Å². The Morgan fingerprint density at radius 3 is 2.57 bits per heavy atom. The van der Waals surface area contributed by atoms with Crippen LogP contribution in [0.2, 0.25) is 0 Å². The fourth-order valence-electron chi connectivity index (χ4n) is 3.98. The summed E-state index contributed by atoms with van der Waals surface area (Å²) in [6, 6.07) is 13.0. The lowest BCUT2D eigenvalue weighted by Crippen LogP contribution is -2.17. The van der Waals surface area contributed by atoms with Crippen LogP contribution in [0.3, 0.4) is 0 Å². The summed E-state index contributed by atoms with van der Waals surface area (Å²) in [5.74, 6) is 2.03. The van der Waals surface area contributed by atoms with Crippen LogP contribution in [0.25, 0.3) is 22.4 Å². The summed E-state index contributed by atoms with van der Waals surface area (Å²) >= 11 is 0. The summed E-state index contributed by atoms with van der Waals surface area (Å²) in [5.41, 5.74) is 5.66. The molecule has 192 valence electrons. The van der Waals surface area contributed by atoms with Gasteiger partial charge in [-0.3, -0.25) is 14.3 Å². The highest BCUT2D eigenvalue weighted by Gasteiger charge is 2.25. The first-order valence-electron chi connectivity index (χ1n) is 11.5. The number of nitrogens with zero attached hydrogens (tertiary/aromatic N) is 1. The molecule has 4 rings (SSSR count). The third-order valence-corrected chi connectivity index (χ3v) is 7.02. The van der Waals surface area contributed by atoms with Crippen LogP contribution in [0.1, 0.15) is 37.4 Å². The maximum atomic E-state index is 13.7. The summed E-state index contributed by atoms with van der Waals surface area (Å²) in [7, 11) is -4.22. The van der Waals surface area contributed by atoms with Crippen LogP contribution in [0.15, 0.2) is 48.5 Å². The molecule has 0 amide bonds. The number of benzene rings is 2. The van der Waals surface area contributed by atoms with Gasteiger partial charge in [-0.2, -0.15) is 0 Å². The number of para-hydroxylation sites is 1. The molecule has 10 heteroatoms. The second-order valence-electron chi connectivity index (χ2n) is 8.89. The first kappa shape index (κ1) is 26.4. The van der Waals surface area contributed by atoms with E-state index in [0.717, 1.165) is 0 Å². The van der Waals surface area contributed by atoms with Crippen molar-refractivity contribution < 1.29 is 38.3 Å². The molecule has 37 heavy (non-hydrogen) atoms. The maximum absolute atomic E-state index is 13.7. The van der Waals surface area contributed by atoms with E-state index in [0.29, 0.717) is 45.1 Å². The number of pyridine rings is 1. The summed E-state index contributed by atoms with van der Waals surface area (Å²) in [5, 5.41) is 18.7. The van der Waals surface area contributed by atoms with Crippen LogP contribution in [-0.4, -0.2) is 45.1 Å². The van der Waals surface area contributed by atoms with Gasteiger partial charge in [0, 0.05) is 11.1 Å². The minimum Gasteiger partial charge on any atom is -0.481 e. The Labute approximate surface area is 213 Å². The van der Waals surface area contributed by atoms with Crippen molar-refractivity contribution in [2.75, 3.05) is 13.0 Å². The van der Waals surface area contributed by atoms with Crippen LogP contribution in [0, 0.1) is 17.4 Å². The molecule has 2 heterocycles. The number of aliphatic carboxylic acids is 1. The molecule has 2 aromatic carbocycles. The standard InChI is InChI=1S/C27H25FNO7P/c1-16(2)26-20(10-11-37(33,34)14-19(30)12-25(31)32)22(17-6-8-18(28)9-7-17)13-23(29-26)21-4-3-5-24-27(21)36-15-35-24/h3-9,13,16,19,30H,12,14-15H2,1-2H3,(H,31,32)(H,33,34)/t19-/m1/s1. The van der Waals surface area contributed by atoms with E-state index in [-0.39, 0.29) is 12.7 Å². The van der Waals surface area contributed by atoms with E-state index in [1.54, 1.807) is 24.3 Å². The number of carbonyl (C=O) groups is 1. The topological polar surface area (TPSA) is 126 Å². The number of hydrogen-bond donors (Lipinski definition) is 3. The van der Waals surface area contributed by atoms with Gasteiger partial charge in [-0.25, -0.2) is 4.39 Å². The Morgan fingerprint density at radius 2 is 1.89 bits per heavy atom. The quantitative estimate of drug-likeness (QED) is 0.296. The van der Waals surface area contributed by atoms with Gasteiger partial charge in [-0.1, -0.05) is 38.0 Å². The van der Waals surface area contributed by atoms with E-state index in [2.05, 4.69) is 11.6 Å². The van der Waals surface area contributed by atoms with Gasteiger partial charge < -0.3 is 24.6 Å². The molecule has 0 fully saturated rings. The van der Waals surface area contributed by atoms with E-state index in [9.17, 15) is 23.7 Å². The zero-order valence-corrected chi connectivity index (χ0v) is 21.0. The summed E-state index contributed by atoms with van der Waals surface area (Å²) in [6.07, 6.45) is -2.88. The molecular formula is C27H25FNO7P. The number of halogens is 1. The Kier molecular flexibility index (Phi) is 7.65. The van der Waals surface area contributed by atoms with Crippen molar-refractivity contribution in [3.8, 4) is 45.5 Å². The highest BCUT2D eigenvalue weighted by atomic mass is 31.2. The van der Waals surface area contributed by atoms with Crippen molar-refractivity contribution in [2.24, 2.45) is 0 Å². The van der Waals surface area contributed by atoms with Crippen molar-refractivity contribution >= 4 is 13.3 Å². The number of fused-ring (bicyclic) bond motifs is 1. The summed E-state index contributed by atoms with van der Waals surface area (Å²) in [4.78, 5) is 26.0. The second-order valence-corrected chi connectivity index (χ2v) is 10.9. The Hall–Kier alpha value is -3.70. The Bertz CT molecular complexity index is 1440. The molecule has 1 aliphatic heterocycles. The molecular weight excluding hydrogens is 500 g/mol. The highest BCUT2D eigenvalue weighted by Crippen LogP contribution is 2.44. The zero-order valence-electron chi connectivity index (χ0n) is 20.1. The van der Waals surface area contributed by atoms with Gasteiger partial charge in [-0.15, -0.1) is 0 Å². The molecule has 1 aliphatic rings. The van der Waals surface area contributed by atoms with E-state index in [1.807, 2.05) is 26.0 Å². The first-order chi connectivity index (χ1) is 17.5. The third kappa shape index (κ3) is 6.17. The van der Waals surface area contributed by atoms with E-state index in [4.69, 9.17) is 19.6 Å². The fraction of sp³-hybridized carbons (Fsp3) is 0.259. The summed E-state index contributed by atoms with van der Waals surface area (Å²) < 4.78 is 37.6. The van der Waals surface area contributed by atoms with Gasteiger partial charge in [0.15, 0.2) is 11.5 Å². The second kappa shape index (κ2) is 10.7. The number of carboxylic acids is 1. The van der Waals surface area contributed by atoms with Crippen LogP contribution in [-0.2, 0) is 9.36 Å². The van der Waals surface area contributed by atoms with Crippen LogP contribution in [0.5, 0.6) is 11.5 Å². The van der Waals surface area contributed by atoms with Gasteiger partial charge in [0.2, 0.25) is 6.79 Å². The van der Waals surface area contributed by atoms with Crippen molar-refractivity contribution in [3.63, 3.8) is 0 Å². The Morgan fingerprint density at radius 1 is 1.16 bits per heavy atom. The molecule has 0 aliphatic carbocycles. The monoisotopic (exact) mass is 525 g/mol. The summed E-state index contributed by atoms with van der Waals surface area (Å²) in [6.45, 7) is 3.88. The molecule has 0 saturated heterocycles. The molecule has 1 aromatic heterocycles. The van der Waals surface area contributed by atoms with Crippen molar-refractivity contribution in [1.82, 2.24) is 4.98 Å². The lowest BCUT2D eigenvalue weighted by molar-refractivity contribution is -0.138. The number of carboxylic acid groups (broad SMARTS) is 1. The molecule has 1 unspecified atom stereocenters. The van der Waals surface area contributed by atoms with Gasteiger partial charge in [0.05, 0.1) is 35.6 Å². The molecule has 0 saturated carbocycles. The average molecular weight is 525 g/mol. The molecule has 3 N–H and O–H groups in total. The molecule has 2 atom stereocenters. The van der Waals surface area contributed by atoms with E-state index in [1.165, 1.54) is 12.1 Å². The largest absolute Gasteiger partial charge is 0.481 e. The molecule has 0 radical (unpaired) electrons. The fourth-order valence-corrected chi connectivity index (χ4v) is 5.06. The number of hydrogen-bond acceptors (Lipinski definition) is 6. The van der Waals surface area contributed by atoms with Gasteiger partial charge in [0.1, 0.15) is 5.82 Å². The SMILES string of the molecule is CC(C)c1nc(-c2cccc3c2OCO3)cc(-c2ccc(F)cc2)c1C#CP(=O)(O)C[C@H](O)CC(=O)O. The minimum absolute atomic E-state index is 0.0806. The molecule has 8 nitrogen and oxygen atoms in total. The first-order valence-corrected chi connectivity index (χ1v) is 13.3. The minimum atomic E-state index is -4.22. The van der Waals surface area contributed by atoms with E-state index < -0.39 is 37.8 Å². The number of ether oxygens (including phenoxy) is 2. The van der Waals surface area contributed by atoms with Crippen LogP contribution < -0.4 is 9.47 Å². The number of rotatable bonds is 7. The van der Waals surface area contributed by atoms with Crippen molar-refractivity contribution in [2.45, 2.75) is 32.3 Å². The van der Waals surface area contributed by atoms with Gasteiger partial charge in [-0.05, 0) is 47.5 Å². The zero-order chi connectivity index (χ0) is 26.7. The predicted molar refractivity (Wildman–Crippen MR) is 135 cm³/mol. The molecule has 3 aromatic rings.